The Labute approximate surface area is 190 Å². The van der Waals surface area contributed by atoms with Gasteiger partial charge in [0.15, 0.2) is 0 Å². The maximum atomic E-state index is 12.5. The number of aromatic nitrogens is 1. The Morgan fingerprint density at radius 2 is 1.81 bits per heavy atom. The monoisotopic (exact) mass is 457 g/mol. The summed E-state index contributed by atoms with van der Waals surface area (Å²) in [6.45, 7) is 4.83. The molecule has 1 aliphatic carbocycles. The van der Waals surface area contributed by atoms with E-state index in [0.717, 1.165) is 24.0 Å². The molecule has 32 heavy (non-hydrogen) atoms. The minimum atomic E-state index is -3.48. The third-order valence-corrected chi connectivity index (χ3v) is 7.57. The predicted octanol–water partition coefficient (Wildman–Crippen LogP) is 3.76. The molecule has 1 fully saturated rings. The van der Waals surface area contributed by atoms with E-state index in [0.29, 0.717) is 25.5 Å². The van der Waals surface area contributed by atoms with Crippen molar-refractivity contribution in [3.05, 3.63) is 59.8 Å². The first-order chi connectivity index (χ1) is 15.4. The van der Waals surface area contributed by atoms with Gasteiger partial charge in [-0.25, -0.2) is 13.4 Å². The molecule has 0 spiro atoms. The number of sulfonamides is 1. The molecule has 0 radical (unpaired) electrons. The van der Waals surface area contributed by atoms with Gasteiger partial charge in [-0.05, 0) is 55.0 Å². The highest BCUT2D eigenvalue weighted by Gasteiger charge is 2.21. The van der Waals surface area contributed by atoms with Crippen molar-refractivity contribution in [2.45, 2.75) is 57.1 Å². The second-order valence-corrected chi connectivity index (χ2v) is 9.68. The lowest BCUT2D eigenvalue weighted by Gasteiger charge is -2.18. The molecular formula is C24H31N3O4S. The Hall–Kier alpha value is -2.71. The van der Waals surface area contributed by atoms with Gasteiger partial charge in [0, 0.05) is 38.0 Å². The van der Waals surface area contributed by atoms with Crippen LogP contribution in [0.15, 0.2) is 53.6 Å². The zero-order valence-corrected chi connectivity index (χ0v) is 19.5. The van der Waals surface area contributed by atoms with E-state index >= 15 is 0 Å². The topological polar surface area (TPSA) is 88.6 Å². The average molecular weight is 458 g/mol. The number of carbonyl (C=O) groups excluding carboxylic acids is 1. The van der Waals surface area contributed by atoms with Crippen molar-refractivity contribution < 1.29 is 17.9 Å². The van der Waals surface area contributed by atoms with E-state index in [1.165, 1.54) is 23.2 Å². The molecule has 1 saturated carbocycles. The summed E-state index contributed by atoms with van der Waals surface area (Å²) in [7, 11) is -3.48. The lowest BCUT2D eigenvalue weighted by atomic mass is 10.2. The van der Waals surface area contributed by atoms with Crippen molar-refractivity contribution in [1.29, 1.82) is 0 Å². The third kappa shape index (κ3) is 6.40. The minimum absolute atomic E-state index is 0.240. The van der Waals surface area contributed by atoms with Crippen molar-refractivity contribution >= 4 is 22.0 Å². The summed E-state index contributed by atoms with van der Waals surface area (Å²) < 4.78 is 32.3. The van der Waals surface area contributed by atoms with Crippen LogP contribution in [-0.4, -0.2) is 42.8 Å². The molecule has 1 N–H and O–H groups in total. The van der Waals surface area contributed by atoms with E-state index in [2.05, 4.69) is 10.3 Å². The van der Waals surface area contributed by atoms with Crippen LogP contribution in [0.4, 0.5) is 0 Å². The molecule has 1 heterocycles. The molecule has 2 aromatic rings. The SMILES string of the molecule is CCN(CC)S(=O)(=O)c1ccc(/C=C/C(=O)NCc2ccc(OC3CCCC3)nc2)cc1. The zero-order chi connectivity index (χ0) is 23.0. The van der Waals surface area contributed by atoms with Gasteiger partial charge in [-0.15, -0.1) is 0 Å². The van der Waals surface area contributed by atoms with Crippen molar-refractivity contribution in [3.8, 4) is 5.88 Å². The number of carbonyl (C=O) groups is 1. The summed E-state index contributed by atoms with van der Waals surface area (Å²) in [5.41, 5.74) is 1.63. The minimum Gasteiger partial charge on any atom is -0.474 e. The molecule has 0 atom stereocenters. The second kappa shape index (κ2) is 11.2. The molecule has 1 aromatic carbocycles. The van der Waals surface area contributed by atoms with E-state index in [4.69, 9.17) is 4.74 Å². The van der Waals surface area contributed by atoms with Gasteiger partial charge >= 0.3 is 0 Å². The molecule has 1 aromatic heterocycles. The zero-order valence-electron chi connectivity index (χ0n) is 18.7. The van der Waals surface area contributed by atoms with Crippen molar-refractivity contribution in [3.63, 3.8) is 0 Å². The number of nitrogens with one attached hydrogen (secondary N) is 1. The van der Waals surface area contributed by atoms with E-state index in [1.54, 1.807) is 36.5 Å². The summed E-state index contributed by atoms with van der Waals surface area (Å²) in [6, 6.07) is 10.2. The number of rotatable bonds is 10. The first-order valence-electron chi connectivity index (χ1n) is 11.1. The van der Waals surface area contributed by atoms with Gasteiger partial charge in [0.2, 0.25) is 21.8 Å². The average Bonchev–Trinajstić information content (AvgIpc) is 3.31. The highest BCUT2D eigenvalue weighted by Crippen LogP contribution is 2.23. The van der Waals surface area contributed by atoms with Gasteiger partial charge in [-0.1, -0.05) is 32.0 Å². The standard InChI is InChI=1S/C24H31N3O4S/c1-3-27(4-2)32(29,30)22-13-9-19(10-14-22)11-15-23(28)25-17-20-12-16-24(26-18-20)31-21-7-5-6-8-21/h9-16,18,21H,3-8,17H2,1-2H3,(H,25,28)/b15-11+. The molecule has 0 unspecified atom stereocenters. The van der Waals surface area contributed by atoms with E-state index < -0.39 is 10.0 Å². The maximum Gasteiger partial charge on any atom is 0.244 e. The van der Waals surface area contributed by atoms with E-state index in [9.17, 15) is 13.2 Å². The highest BCUT2D eigenvalue weighted by molar-refractivity contribution is 7.89. The fourth-order valence-electron chi connectivity index (χ4n) is 3.65. The third-order valence-electron chi connectivity index (χ3n) is 5.50. The molecule has 0 bridgehead atoms. The number of ether oxygens (including phenoxy) is 1. The van der Waals surface area contributed by atoms with Crippen LogP contribution in [0.5, 0.6) is 5.88 Å². The van der Waals surface area contributed by atoms with Crippen LogP contribution >= 0.6 is 0 Å². The number of hydrogen-bond acceptors (Lipinski definition) is 5. The Balaban J connectivity index is 1.49. The predicted molar refractivity (Wildman–Crippen MR) is 125 cm³/mol. The molecule has 1 aliphatic rings. The summed E-state index contributed by atoms with van der Waals surface area (Å²) in [5, 5.41) is 2.82. The molecule has 0 saturated heterocycles. The number of pyridine rings is 1. The molecule has 0 aliphatic heterocycles. The molecule has 3 rings (SSSR count). The number of nitrogens with zero attached hydrogens (tertiary/aromatic N) is 2. The lowest BCUT2D eigenvalue weighted by molar-refractivity contribution is -0.116. The summed E-state index contributed by atoms with van der Waals surface area (Å²) in [5.74, 6) is 0.384. The quantitative estimate of drug-likeness (QED) is 0.549. The van der Waals surface area contributed by atoms with Crippen LogP contribution < -0.4 is 10.1 Å². The largest absolute Gasteiger partial charge is 0.474 e. The Bertz CT molecular complexity index is 1010. The molecule has 7 nitrogen and oxygen atoms in total. The van der Waals surface area contributed by atoms with Gasteiger partial charge in [-0.2, -0.15) is 4.31 Å². The van der Waals surface area contributed by atoms with Crippen molar-refractivity contribution in [2.24, 2.45) is 0 Å². The number of hydrogen-bond donors (Lipinski definition) is 1. The fraction of sp³-hybridized carbons (Fsp3) is 0.417. The molecule has 172 valence electrons. The fourth-order valence-corrected chi connectivity index (χ4v) is 5.10. The van der Waals surface area contributed by atoms with Gasteiger partial charge in [0.25, 0.3) is 0 Å². The van der Waals surface area contributed by atoms with Crippen LogP contribution in [0.25, 0.3) is 6.08 Å². The van der Waals surface area contributed by atoms with Gasteiger partial charge in [-0.3, -0.25) is 4.79 Å². The van der Waals surface area contributed by atoms with E-state index in [1.807, 2.05) is 26.0 Å². The summed E-state index contributed by atoms with van der Waals surface area (Å²) in [6.07, 6.45) is 9.65. The maximum absolute atomic E-state index is 12.5. The first-order valence-corrected chi connectivity index (χ1v) is 12.5. The highest BCUT2D eigenvalue weighted by atomic mass is 32.2. The van der Waals surface area contributed by atoms with Crippen LogP contribution in [0.2, 0.25) is 0 Å². The van der Waals surface area contributed by atoms with Crippen LogP contribution in [-0.2, 0) is 21.4 Å². The van der Waals surface area contributed by atoms with Crippen molar-refractivity contribution in [1.82, 2.24) is 14.6 Å². The lowest BCUT2D eigenvalue weighted by Crippen LogP contribution is -2.30. The smallest absolute Gasteiger partial charge is 0.244 e. The van der Waals surface area contributed by atoms with Gasteiger partial charge < -0.3 is 10.1 Å². The normalized spacial score (nSPS) is 14.8. The first kappa shape index (κ1) is 23.9. The van der Waals surface area contributed by atoms with E-state index in [-0.39, 0.29) is 16.9 Å². The molecule has 8 heteroatoms. The summed E-state index contributed by atoms with van der Waals surface area (Å²) >= 11 is 0. The summed E-state index contributed by atoms with van der Waals surface area (Å²) in [4.78, 5) is 16.7. The Morgan fingerprint density at radius 3 is 2.41 bits per heavy atom. The molecular weight excluding hydrogens is 426 g/mol. The second-order valence-electron chi connectivity index (χ2n) is 7.74. The Morgan fingerprint density at radius 1 is 1.12 bits per heavy atom. The van der Waals surface area contributed by atoms with Gasteiger partial charge in [0.05, 0.1) is 4.90 Å². The van der Waals surface area contributed by atoms with Crippen LogP contribution in [0, 0.1) is 0 Å². The van der Waals surface area contributed by atoms with Crippen molar-refractivity contribution in [2.75, 3.05) is 13.1 Å². The molecule has 1 amide bonds. The van der Waals surface area contributed by atoms with Crippen LogP contribution in [0.3, 0.4) is 0 Å². The Kier molecular flexibility index (Phi) is 8.41. The number of benzene rings is 1. The number of amides is 1. The van der Waals surface area contributed by atoms with Crippen LogP contribution in [0.1, 0.15) is 50.7 Å². The van der Waals surface area contributed by atoms with Gasteiger partial charge in [0.1, 0.15) is 6.10 Å².